The van der Waals surface area contributed by atoms with Gasteiger partial charge in [-0.25, -0.2) is 8.78 Å². The summed E-state index contributed by atoms with van der Waals surface area (Å²) < 4.78 is 27.1. The van der Waals surface area contributed by atoms with E-state index in [0.717, 1.165) is 12.0 Å². The summed E-state index contributed by atoms with van der Waals surface area (Å²) in [7, 11) is 0. The van der Waals surface area contributed by atoms with Gasteiger partial charge in [-0.15, -0.1) is 11.8 Å². The van der Waals surface area contributed by atoms with Crippen LogP contribution >= 0.6 is 11.8 Å². The van der Waals surface area contributed by atoms with Gasteiger partial charge in [-0.05, 0) is 37.1 Å². The van der Waals surface area contributed by atoms with E-state index < -0.39 is 11.9 Å². The molecule has 0 saturated carbocycles. The Bertz CT molecular complexity index is 815. The summed E-state index contributed by atoms with van der Waals surface area (Å²) in [4.78, 5) is 26.7. The van der Waals surface area contributed by atoms with Crippen molar-refractivity contribution in [3.05, 3.63) is 71.3 Å². The van der Waals surface area contributed by atoms with E-state index in [1.54, 1.807) is 37.3 Å². The third kappa shape index (κ3) is 7.16. The minimum absolute atomic E-state index is 0.0172. The standard InChI is InChI=1S/C22H26F2N2O2S/c1-3-12-25-22(28)16(2)26(13-18-6-4-5-7-20(18)24)21(27)15-29-14-17-8-10-19(23)11-9-17/h4-11,16H,3,12-15H2,1-2H3,(H,25,28)/t16-/m0/s1. The van der Waals surface area contributed by atoms with E-state index in [1.165, 1.54) is 34.9 Å². The molecule has 0 radical (unpaired) electrons. The van der Waals surface area contributed by atoms with Crippen molar-refractivity contribution < 1.29 is 18.4 Å². The van der Waals surface area contributed by atoms with Crippen molar-refractivity contribution >= 4 is 23.6 Å². The lowest BCUT2D eigenvalue weighted by Crippen LogP contribution is -2.48. The largest absolute Gasteiger partial charge is 0.354 e. The van der Waals surface area contributed by atoms with Crippen molar-refractivity contribution in [3.8, 4) is 0 Å². The highest BCUT2D eigenvalue weighted by atomic mass is 32.2. The second kappa shape index (κ2) is 11.6. The fourth-order valence-corrected chi connectivity index (χ4v) is 3.58. The Balaban J connectivity index is 2.05. The molecular formula is C22H26F2N2O2S. The molecule has 0 aliphatic carbocycles. The molecule has 0 fully saturated rings. The Kier molecular flexibility index (Phi) is 9.12. The molecule has 0 aliphatic heterocycles. The highest BCUT2D eigenvalue weighted by molar-refractivity contribution is 7.99. The van der Waals surface area contributed by atoms with Crippen LogP contribution in [0.4, 0.5) is 8.78 Å². The first-order valence-electron chi connectivity index (χ1n) is 9.55. The van der Waals surface area contributed by atoms with Crippen molar-refractivity contribution in [1.29, 1.82) is 0 Å². The van der Waals surface area contributed by atoms with Crippen LogP contribution in [0.3, 0.4) is 0 Å². The van der Waals surface area contributed by atoms with Crippen LogP contribution in [0.1, 0.15) is 31.4 Å². The number of carbonyl (C=O) groups excluding carboxylic acids is 2. The molecule has 2 aromatic rings. The van der Waals surface area contributed by atoms with Crippen molar-refractivity contribution in [2.75, 3.05) is 12.3 Å². The van der Waals surface area contributed by atoms with E-state index in [0.29, 0.717) is 17.9 Å². The highest BCUT2D eigenvalue weighted by Crippen LogP contribution is 2.17. The number of thioether (sulfide) groups is 1. The average molecular weight is 421 g/mol. The van der Waals surface area contributed by atoms with E-state index in [2.05, 4.69) is 5.32 Å². The Morgan fingerprint density at radius 2 is 1.79 bits per heavy atom. The molecule has 1 N–H and O–H groups in total. The number of carbonyl (C=O) groups is 2. The zero-order valence-corrected chi connectivity index (χ0v) is 17.5. The maximum absolute atomic E-state index is 14.1. The summed E-state index contributed by atoms with van der Waals surface area (Å²) in [5.74, 6) is -0.560. The molecule has 2 amide bonds. The van der Waals surface area contributed by atoms with E-state index in [-0.39, 0.29) is 29.9 Å². The fraction of sp³-hybridized carbons (Fsp3) is 0.364. The lowest BCUT2D eigenvalue weighted by atomic mass is 10.1. The third-order valence-corrected chi connectivity index (χ3v) is 5.41. The zero-order chi connectivity index (χ0) is 21.2. The molecular weight excluding hydrogens is 394 g/mol. The topological polar surface area (TPSA) is 49.4 Å². The van der Waals surface area contributed by atoms with Crippen LogP contribution < -0.4 is 5.32 Å². The van der Waals surface area contributed by atoms with Crippen LogP contribution in [-0.4, -0.2) is 35.1 Å². The molecule has 2 aromatic carbocycles. The van der Waals surface area contributed by atoms with Gasteiger partial charge < -0.3 is 10.2 Å². The maximum atomic E-state index is 14.1. The fourth-order valence-electron chi connectivity index (χ4n) is 2.71. The summed E-state index contributed by atoms with van der Waals surface area (Å²) in [5, 5.41) is 2.79. The number of halogens is 2. The first-order chi connectivity index (χ1) is 13.9. The molecule has 1 atom stereocenters. The minimum atomic E-state index is -0.722. The number of hydrogen-bond acceptors (Lipinski definition) is 3. The molecule has 0 unspecified atom stereocenters. The quantitative estimate of drug-likeness (QED) is 0.628. The van der Waals surface area contributed by atoms with Gasteiger partial charge in [-0.3, -0.25) is 9.59 Å². The zero-order valence-electron chi connectivity index (χ0n) is 16.7. The molecule has 0 aliphatic rings. The number of nitrogens with one attached hydrogen (secondary N) is 1. The van der Waals surface area contributed by atoms with E-state index in [9.17, 15) is 18.4 Å². The summed E-state index contributed by atoms with van der Waals surface area (Å²) in [6.45, 7) is 4.13. The van der Waals surface area contributed by atoms with Crippen LogP contribution in [0.25, 0.3) is 0 Å². The highest BCUT2D eigenvalue weighted by Gasteiger charge is 2.26. The summed E-state index contributed by atoms with van der Waals surface area (Å²) in [6.07, 6.45) is 0.785. The first-order valence-corrected chi connectivity index (χ1v) is 10.7. The number of hydrogen-bond donors (Lipinski definition) is 1. The second-order valence-corrected chi connectivity index (χ2v) is 7.68. The number of rotatable bonds is 10. The first kappa shape index (κ1) is 22.9. The Labute approximate surface area is 174 Å². The van der Waals surface area contributed by atoms with Crippen LogP contribution in [0.15, 0.2) is 48.5 Å². The van der Waals surface area contributed by atoms with Crippen molar-refractivity contribution in [3.63, 3.8) is 0 Å². The molecule has 0 heterocycles. The number of nitrogens with zero attached hydrogens (tertiary/aromatic N) is 1. The molecule has 4 nitrogen and oxygen atoms in total. The molecule has 2 rings (SSSR count). The summed E-state index contributed by atoms with van der Waals surface area (Å²) in [5.41, 5.74) is 1.26. The lowest BCUT2D eigenvalue weighted by molar-refractivity contribution is -0.138. The van der Waals surface area contributed by atoms with Gasteiger partial charge in [0.15, 0.2) is 0 Å². The predicted octanol–water partition coefficient (Wildman–Crippen LogP) is 4.14. The Morgan fingerprint density at radius 3 is 2.45 bits per heavy atom. The van der Waals surface area contributed by atoms with Gasteiger partial charge in [0, 0.05) is 24.4 Å². The Hall–Kier alpha value is -2.41. The smallest absolute Gasteiger partial charge is 0.242 e. The molecule has 0 aromatic heterocycles. The molecule has 0 bridgehead atoms. The number of amides is 2. The molecule has 0 spiro atoms. The van der Waals surface area contributed by atoms with Gasteiger partial charge in [-0.1, -0.05) is 37.3 Å². The van der Waals surface area contributed by atoms with Crippen molar-refractivity contribution in [2.24, 2.45) is 0 Å². The van der Waals surface area contributed by atoms with E-state index in [1.807, 2.05) is 6.92 Å². The summed E-state index contributed by atoms with van der Waals surface area (Å²) >= 11 is 1.37. The van der Waals surface area contributed by atoms with Gasteiger partial charge in [0.05, 0.1) is 5.75 Å². The van der Waals surface area contributed by atoms with E-state index in [4.69, 9.17) is 0 Å². The normalized spacial score (nSPS) is 11.7. The molecule has 29 heavy (non-hydrogen) atoms. The number of benzene rings is 2. The van der Waals surface area contributed by atoms with Crippen LogP contribution in [0.5, 0.6) is 0 Å². The van der Waals surface area contributed by atoms with Gasteiger partial charge in [0.25, 0.3) is 0 Å². The van der Waals surface area contributed by atoms with Gasteiger partial charge in [-0.2, -0.15) is 0 Å². The van der Waals surface area contributed by atoms with Crippen LogP contribution in [0, 0.1) is 11.6 Å². The average Bonchev–Trinajstić information content (AvgIpc) is 2.72. The van der Waals surface area contributed by atoms with Gasteiger partial charge >= 0.3 is 0 Å². The van der Waals surface area contributed by atoms with Crippen LogP contribution in [0.2, 0.25) is 0 Å². The SMILES string of the molecule is CCCNC(=O)[C@H](C)N(Cc1ccccc1F)C(=O)CSCc1ccc(F)cc1. The third-order valence-electron chi connectivity index (χ3n) is 4.42. The summed E-state index contributed by atoms with van der Waals surface area (Å²) in [6, 6.07) is 11.6. The predicted molar refractivity (Wildman–Crippen MR) is 112 cm³/mol. The van der Waals surface area contributed by atoms with Crippen molar-refractivity contribution in [1.82, 2.24) is 10.2 Å². The maximum Gasteiger partial charge on any atom is 0.242 e. The minimum Gasteiger partial charge on any atom is -0.354 e. The van der Waals surface area contributed by atoms with Gasteiger partial charge in [0.2, 0.25) is 11.8 Å². The second-order valence-electron chi connectivity index (χ2n) is 6.70. The lowest BCUT2D eigenvalue weighted by Gasteiger charge is -2.29. The molecule has 0 saturated heterocycles. The van der Waals surface area contributed by atoms with E-state index >= 15 is 0 Å². The molecule has 7 heteroatoms. The van der Waals surface area contributed by atoms with Gasteiger partial charge in [0.1, 0.15) is 17.7 Å². The molecule has 156 valence electrons. The van der Waals surface area contributed by atoms with Crippen molar-refractivity contribution in [2.45, 2.75) is 38.6 Å². The van der Waals surface area contributed by atoms with Crippen LogP contribution in [-0.2, 0) is 21.9 Å². The monoisotopic (exact) mass is 420 g/mol. The Morgan fingerprint density at radius 1 is 1.10 bits per heavy atom.